The quantitative estimate of drug-likeness (QED) is 0.650. The highest BCUT2D eigenvalue weighted by Crippen LogP contribution is 2.36. The normalized spacial score (nSPS) is 10.5. The number of amides is 1. The van der Waals surface area contributed by atoms with Gasteiger partial charge in [-0.3, -0.25) is 4.79 Å². The Kier molecular flexibility index (Phi) is 7.27. The Balaban J connectivity index is 2.20. The SMILES string of the molecule is CCCOc1c(Cl)cc(/C=C/C(=O)N(C)c2cccc(C#N)c2)cc1OC. The third-order valence-electron chi connectivity index (χ3n) is 3.81. The summed E-state index contributed by atoms with van der Waals surface area (Å²) in [6, 6.07) is 12.4. The molecule has 1 amide bonds. The number of anilines is 1. The number of rotatable bonds is 7. The topological polar surface area (TPSA) is 62.6 Å². The Morgan fingerprint density at radius 3 is 2.78 bits per heavy atom. The van der Waals surface area contributed by atoms with Crippen LogP contribution in [-0.4, -0.2) is 26.7 Å². The van der Waals surface area contributed by atoms with Gasteiger partial charge >= 0.3 is 0 Å². The number of hydrogen-bond donors (Lipinski definition) is 0. The van der Waals surface area contributed by atoms with Gasteiger partial charge < -0.3 is 14.4 Å². The molecule has 0 unspecified atom stereocenters. The molecule has 0 aromatic heterocycles. The van der Waals surface area contributed by atoms with E-state index in [-0.39, 0.29) is 5.91 Å². The standard InChI is InChI=1S/C21H21ClN2O3/c1-4-10-27-21-18(22)12-15(13-19(21)26-3)8-9-20(25)24(2)17-7-5-6-16(11-17)14-23/h5-9,11-13H,4,10H2,1-3H3/b9-8+. The summed E-state index contributed by atoms with van der Waals surface area (Å²) in [4.78, 5) is 13.9. The van der Waals surface area contributed by atoms with Crippen molar-refractivity contribution >= 4 is 29.3 Å². The predicted octanol–water partition coefficient (Wildman–Crippen LogP) is 4.69. The largest absolute Gasteiger partial charge is 0.493 e. The molecule has 2 aromatic carbocycles. The molecule has 0 atom stereocenters. The molecule has 0 aliphatic rings. The van der Waals surface area contributed by atoms with Crippen molar-refractivity contribution in [1.82, 2.24) is 0 Å². The average Bonchev–Trinajstić information content (AvgIpc) is 2.70. The molecular weight excluding hydrogens is 364 g/mol. The lowest BCUT2D eigenvalue weighted by Crippen LogP contribution is -2.23. The third-order valence-corrected chi connectivity index (χ3v) is 4.09. The van der Waals surface area contributed by atoms with Crippen LogP contribution in [0.4, 0.5) is 5.69 Å². The summed E-state index contributed by atoms with van der Waals surface area (Å²) in [5.41, 5.74) is 1.85. The van der Waals surface area contributed by atoms with E-state index in [0.717, 1.165) is 6.42 Å². The smallest absolute Gasteiger partial charge is 0.250 e. The fraction of sp³-hybridized carbons (Fsp3) is 0.238. The van der Waals surface area contributed by atoms with E-state index in [1.807, 2.05) is 6.92 Å². The summed E-state index contributed by atoms with van der Waals surface area (Å²) in [5, 5.41) is 9.41. The second-order valence-corrected chi connectivity index (χ2v) is 6.18. The van der Waals surface area contributed by atoms with Gasteiger partial charge in [0.1, 0.15) is 0 Å². The molecule has 0 saturated heterocycles. The van der Waals surface area contributed by atoms with Gasteiger partial charge in [0.2, 0.25) is 0 Å². The van der Waals surface area contributed by atoms with Gasteiger partial charge in [-0.05, 0) is 48.4 Å². The first-order valence-electron chi connectivity index (χ1n) is 8.46. The summed E-state index contributed by atoms with van der Waals surface area (Å²) < 4.78 is 11.0. The monoisotopic (exact) mass is 384 g/mol. The lowest BCUT2D eigenvalue weighted by molar-refractivity contribution is -0.113. The van der Waals surface area contributed by atoms with Gasteiger partial charge in [-0.25, -0.2) is 0 Å². The van der Waals surface area contributed by atoms with Crippen molar-refractivity contribution in [3.05, 3.63) is 58.6 Å². The summed E-state index contributed by atoms with van der Waals surface area (Å²) in [5.74, 6) is 0.777. The van der Waals surface area contributed by atoms with Crippen LogP contribution < -0.4 is 14.4 Å². The molecule has 5 nitrogen and oxygen atoms in total. The number of nitrogens with zero attached hydrogens (tertiary/aromatic N) is 2. The minimum atomic E-state index is -0.230. The minimum Gasteiger partial charge on any atom is -0.493 e. The molecule has 2 aromatic rings. The van der Waals surface area contributed by atoms with E-state index < -0.39 is 0 Å². The number of hydrogen-bond acceptors (Lipinski definition) is 4. The van der Waals surface area contributed by atoms with Crippen molar-refractivity contribution in [2.75, 3.05) is 25.7 Å². The first-order valence-corrected chi connectivity index (χ1v) is 8.84. The molecule has 27 heavy (non-hydrogen) atoms. The van der Waals surface area contributed by atoms with Crippen LogP contribution in [0.3, 0.4) is 0 Å². The first-order chi connectivity index (χ1) is 13.0. The molecular formula is C21H21ClN2O3. The number of nitriles is 1. The van der Waals surface area contributed by atoms with Crippen LogP contribution in [0.5, 0.6) is 11.5 Å². The molecule has 0 saturated carbocycles. The lowest BCUT2D eigenvalue weighted by Gasteiger charge is -2.15. The third kappa shape index (κ3) is 5.25. The Hall–Kier alpha value is -2.97. The van der Waals surface area contributed by atoms with Crippen LogP contribution in [0.1, 0.15) is 24.5 Å². The van der Waals surface area contributed by atoms with Gasteiger partial charge in [0.15, 0.2) is 11.5 Å². The maximum absolute atomic E-state index is 12.4. The van der Waals surface area contributed by atoms with Crippen molar-refractivity contribution in [1.29, 1.82) is 5.26 Å². The zero-order valence-electron chi connectivity index (χ0n) is 15.5. The molecule has 0 radical (unpaired) electrons. The summed E-state index contributed by atoms with van der Waals surface area (Å²) in [6.45, 7) is 2.54. The predicted molar refractivity (Wildman–Crippen MR) is 107 cm³/mol. The Morgan fingerprint density at radius 1 is 1.33 bits per heavy atom. The number of halogens is 1. The van der Waals surface area contributed by atoms with Crippen molar-refractivity contribution in [2.45, 2.75) is 13.3 Å². The van der Waals surface area contributed by atoms with E-state index in [1.165, 1.54) is 11.0 Å². The molecule has 0 N–H and O–H groups in total. The number of ether oxygens (including phenoxy) is 2. The maximum atomic E-state index is 12.4. The number of carbonyl (C=O) groups excluding carboxylic acids is 1. The van der Waals surface area contributed by atoms with Crippen LogP contribution in [0.15, 0.2) is 42.5 Å². The fourth-order valence-corrected chi connectivity index (χ4v) is 2.64. The lowest BCUT2D eigenvalue weighted by atomic mass is 10.1. The minimum absolute atomic E-state index is 0.230. The fourth-order valence-electron chi connectivity index (χ4n) is 2.37. The van der Waals surface area contributed by atoms with Crippen molar-refractivity contribution in [3.63, 3.8) is 0 Å². The number of likely N-dealkylation sites (N-methyl/N-ethyl adjacent to an activating group) is 1. The molecule has 0 aliphatic heterocycles. The van der Waals surface area contributed by atoms with Crippen LogP contribution >= 0.6 is 11.6 Å². The highest BCUT2D eigenvalue weighted by molar-refractivity contribution is 6.32. The molecule has 0 heterocycles. The molecule has 0 bridgehead atoms. The second-order valence-electron chi connectivity index (χ2n) is 5.78. The number of carbonyl (C=O) groups is 1. The van der Waals surface area contributed by atoms with Crippen LogP contribution in [0, 0.1) is 11.3 Å². The van der Waals surface area contributed by atoms with Gasteiger partial charge in [0.05, 0.1) is 30.4 Å². The van der Waals surface area contributed by atoms with Gasteiger partial charge in [0.25, 0.3) is 5.91 Å². The molecule has 0 aliphatic carbocycles. The number of methoxy groups -OCH3 is 1. The first kappa shape index (κ1) is 20.3. The van der Waals surface area contributed by atoms with Gasteiger partial charge in [-0.15, -0.1) is 0 Å². The summed E-state index contributed by atoms with van der Waals surface area (Å²) in [7, 11) is 3.19. The maximum Gasteiger partial charge on any atom is 0.250 e. The van der Waals surface area contributed by atoms with E-state index in [4.69, 9.17) is 26.3 Å². The second kappa shape index (κ2) is 9.65. The van der Waals surface area contributed by atoms with E-state index in [2.05, 4.69) is 6.07 Å². The van der Waals surface area contributed by atoms with Gasteiger partial charge in [-0.1, -0.05) is 24.6 Å². The molecule has 0 fully saturated rings. The Labute approximate surface area is 164 Å². The van der Waals surface area contributed by atoms with Crippen molar-refractivity contribution in [3.8, 4) is 17.6 Å². The summed E-state index contributed by atoms with van der Waals surface area (Å²) >= 11 is 6.29. The molecule has 6 heteroatoms. The zero-order chi connectivity index (χ0) is 19.8. The van der Waals surface area contributed by atoms with E-state index in [0.29, 0.717) is 39.9 Å². The molecule has 0 spiro atoms. The van der Waals surface area contributed by atoms with Crippen LogP contribution in [0.25, 0.3) is 6.08 Å². The van der Waals surface area contributed by atoms with Crippen molar-refractivity contribution < 1.29 is 14.3 Å². The van der Waals surface area contributed by atoms with Crippen LogP contribution in [-0.2, 0) is 4.79 Å². The molecule has 2 rings (SSSR count). The van der Waals surface area contributed by atoms with E-state index in [9.17, 15) is 4.79 Å². The van der Waals surface area contributed by atoms with E-state index >= 15 is 0 Å². The highest BCUT2D eigenvalue weighted by Gasteiger charge is 2.12. The van der Waals surface area contributed by atoms with Crippen LogP contribution in [0.2, 0.25) is 5.02 Å². The Bertz CT molecular complexity index is 887. The average molecular weight is 385 g/mol. The zero-order valence-corrected chi connectivity index (χ0v) is 16.3. The number of benzene rings is 2. The van der Waals surface area contributed by atoms with Gasteiger partial charge in [-0.2, -0.15) is 5.26 Å². The van der Waals surface area contributed by atoms with Crippen molar-refractivity contribution in [2.24, 2.45) is 0 Å². The summed E-state index contributed by atoms with van der Waals surface area (Å²) in [6.07, 6.45) is 3.96. The Morgan fingerprint density at radius 2 is 2.11 bits per heavy atom. The highest BCUT2D eigenvalue weighted by atomic mass is 35.5. The van der Waals surface area contributed by atoms with Gasteiger partial charge in [0, 0.05) is 18.8 Å². The van der Waals surface area contributed by atoms with E-state index in [1.54, 1.807) is 56.6 Å². The molecule has 140 valence electrons.